The first-order valence-electron chi connectivity index (χ1n) is 3.79. The van der Waals surface area contributed by atoms with Gasteiger partial charge in [0.1, 0.15) is 0 Å². The van der Waals surface area contributed by atoms with Gasteiger partial charge in [0.15, 0.2) is 0 Å². The second-order valence-corrected chi connectivity index (χ2v) is 3.00. The van der Waals surface area contributed by atoms with Gasteiger partial charge in [-0.3, -0.25) is 4.98 Å². The second kappa shape index (κ2) is 3.51. The van der Waals surface area contributed by atoms with Crippen LogP contribution in [0.25, 0.3) is 0 Å². The van der Waals surface area contributed by atoms with E-state index in [0.29, 0.717) is 16.7 Å². The Morgan fingerprint density at radius 2 is 2.29 bits per heavy atom. The van der Waals surface area contributed by atoms with Crippen LogP contribution >= 0.6 is 11.6 Å². The molecule has 0 aliphatic heterocycles. The second-order valence-electron chi connectivity index (χ2n) is 2.56. The number of pyridine rings is 1. The van der Waals surface area contributed by atoms with E-state index >= 15 is 0 Å². The van der Waals surface area contributed by atoms with E-state index in [0.717, 1.165) is 0 Å². The Kier molecular flexibility index (Phi) is 2.19. The fraction of sp³-hybridized carbons (Fsp3) is 0. The van der Waals surface area contributed by atoms with Crippen LogP contribution in [0.15, 0.2) is 18.5 Å². The summed E-state index contributed by atoms with van der Waals surface area (Å²) in [6.07, 6.45) is 3.15. The zero-order valence-electron chi connectivity index (χ0n) is 7.03. The lowest BCUT2D eigenvalue weighted by Gasteiger charge is -1.99. The minimum absolute atomic E-state index is 0.252. The molecular formula is C7H7ClN6. The largest absolute Gasteiger partial charge is 0.368 e. The Hall–Kier alpha value is -1.82. The molecule has 0 radical (unpaired) electrons. The number of nitrogens with one attached hydrogen (secondary N) is 2. The van der Waals surface area contributed by atoms with Crippen molar-refractivity contribution in [3.05, 3.63) is 23.5 Å². The Balaban J connectivity index is 2.18. The number of anilines is 3. The zero-order chi connectivity index (χ0) is 9.97. The van der Waals surface area contributed by atoms with Crippen LogP contribution in [0.2, 0.25) is 5.02 Å². The van der Waals surface area contributed by atoms with Gasteiger partial charge in [0.25, 0.3) is 0 Å². The molecule has 0 saturated carbocycles. The highest BCUT2D eigenvalue weighted by atomic mass is 35.5. The molecule has 2 rings (SSSR count). The standard InChI is InChI=1S/C7H7ClN6/c8-4-1-5(3-10-2-4)11-7-12-6(9)13-14-7/h1-3H,(H4,9,11,12,13,14). The van der Waals surface area contributed by atoms with Crippen LogP contribution in [0.4, 0.5) is 17.6 Å². The quantitative estimate of drug-likeness (QED) is 0.692. The lowest BCUT2D eigenvalue weighted by molar-refractivity contribution is 1.10. The lowest BCUT2D eigenvalue weighted by atomic mass is 10.4. The number of hydrogen-bond donors (Lipinski definition) is 3. The van der Waals surface area contributed by atoms with Crippen molar-refractivity contribution >= 4 is 29.2 Å². The maximum Gasteiger partial charge on any atom is 0.248 e. The Labute approximate surface area is 84.5 Å². The van der Waals surface area contributed by atoms with Crippen molar-refractivity contribution in [2.24, 2.45) is 0 Å². The van der Waals surface area contributed by atoms with Gasteiger partial charge in [-0.25, -0.2) is 5.10 Å². The predicted octanol–water partition coefficient (Wildman–Crippen LogP) is 1.18. The molecule has 14 heavy (non-hydrogen) atoms. The summed E-state index contributed by atoms with van der Waals surface area (Å²) >= 11 is 5.74. The summed E-state index contributed by atoms with van der Waals surface area (Å²) in [5.41, 5.74) is 6.06. The molecule has 0 aromatic carbocycles. The molecule has 0 atom stereocenters. The number of nitrogens with two attached hydrogens (primary N) is 1. The third-order valence-electron chi connectivity index (χ3n) is 1.46. The molecule has 2 heterocycles. The van der Waals surface area contributed by atoms with Crippen molar-refractivity contribution in [1.29, 1.82) is 0 Å². The van der Waals surface area contributed by atoms with E-state index in [1.54, 1.807) is 18.5 Å². The van der Waals surface area contributed by atoms with Crippen molar-refractivity contribution in [1.82, 2.24) is 20.2 Å². The molecule has 0 bridgehead atoms. The molecule has 0 saturated heterocycles. The van der Waals surface area contributed by atoms with Gasteiger partial charge in [-0.1, -0.05) is 11.6 Å². The van der Waals surface area contributed by atoms with Crippen molar-refractivity contribution < 1.29 is 0 Å². The smallest absolute Gasteiger partial charge is 0.248 e. The lowest BCUT2D eigenvalue weighted by Crippen LogP contribution is -1.93. The van der Waals surface area contributed by atoms with Crippen molar-refractivity contribution in [2.45, 2.75) is 0 Å². The summed E-state index contributed by atoms with van der Waals surface area (Å²) in [7, 11) is 0. The van der Waals surface area contributed by atoms with E-state index in [4.69, 9.17) is 17.3 Å². The molecule has 2 aromatic rings. The molecule has 0 fully saturated rings. The monoisotopic (exact) mass is 210 g/mol. The van der Waals surface area contributed by atoms with E-state index < -0.39 is 0 Å². The van der Waals surface area contributed by atoms with Crippen LogP contribution in [-0.2, 0) is 0 Å². The minimum atomic E-state index is 0.252. The van der Waals surface area contributed by atoms with Gasteiger partial charge >= 0.3 is 0 Å². The molecule has 0 unspecified atom stereocenters. The minimum Gasteiger partial charge on any atom is -0.368 e. The van der Waals surface area contributed by atoms with Crippen LogP contribution in [0.5, 0.6) is 0 Å². The molecule has 0 aliphatic carbocycles. The zero-order valence-corrected chi connectivity index (χ0v) is 7.78. The Morgan fingerprint density at radius 3 is 2.93 bits per heavy atom. The molecule has 7 heteroatoms. The number of nitrogen functional groups attached to an aromatic ring is 1. The fourth-order valence-electron chi connectivity index (χ4n) is 0.940. The van der Waals surface area contributed by atoms with E-state index in [1.807, 2.05) is 0 Å². The molecule has 0 spiro atoms. The van der Waals surface area contributed by atoms with Crippen molar-refractivity contribution in [2.75, 3.05) is 11.1 Å². The number of hydrogen-bond acceptors (Lipinski definition) is 5. The van der Waals surface area contributed by atoms with Crippen molar-refractivity contribution in [3.8, 4) is 0 Å². The van der Waals surface area contributed by atoms with Crippen LogP contribution in [-0.4, -0.2) is 20.2 Å². The number of aromatic nitrogens is 4. The Morgan fingerprint density at radius 1 is 1.43 bits per heavy atom. The molecule has 2 aromatic heterocycles. The van der Waals surface area contributed by atoms with E-state index in [-0.39, 0.29) is 5.95 Å². The molecule has 6 nitrogen and oxygen atoms in total. The summed E-state index contributed by atoms with van der Waals surface area (Å²) in [5.74, 6) is 0.633. The average Bonchev–Trinajstić information content (AvgIpc) is 2.51. The van der Waals surface area contributed by atoms with Gasteiger partial charge < -0.3 is 11.1 Å². The van der Waals surface area contributed by atoms with Crippen molar-refractivity contribution in [3.63, 3.8) is 0 Å². The van der Waals surface area contributed by atoms with Gasteiger partial charge in [0.05, 0.1) is 16.9 Å². The van der Waals surface area contributed by atoms with Crippen LogP contribution in [0.3, 0.4) is 0 Å². The van der Waals surface area contributed by atoms with Crippen LogP contribution in [0, 0.1) is 0 Å². The maximum absolute atomic E-state index is 5.74. The maximum atomic E-state index is 5.74. The highest BCUT2D eigenvalue weighted by Crippen LogP contribution is 2.15. The molecule has 4 N–H and O–H groups in total. The third kappa shape index (κ3) is 1.91. The first-order chi connectivity index (χ1) is 6.74. The van der Waals surface area contributed by atoms with Gasteiger partial charge in [-0.05, 0) is 6.07 Å². The topological polar surface area (TPSA) is 92.5 Å². The average molecular weight is 211 g/mol. The third-order valence-corrected chi connectivity index (χ3v) is 1.67. The molecule has 0 amide bonds. The highest BCUT2D eigenvalue weighted by Gasteiger charge is 2.00. The summed E-state index contributed by atoms with van der Waals surface area (Å²) < 4.78 is 0. The Bertz CT molecular complexity index is 439. The first-order valence-corrected chi connectivity index (χ1v) is 4.17. The summed E-state index contributed by atoms with van der Waals surface area (Å²) in [5, 5.41) is 9.73. The van der Waals surface area contributed by atoms with E-state index in [9.17, 15) is 0 Å². The summed E-state index contributed by atoms with van der Waals surface area (Å²) in [6.45, 7) is 0. The highest BCUT2D eigenvalue weighted by molar-refractivity contribution is 6.30. The van der Waals surface area contributed by atoms with Gasteiger partial charge in [0.2, 0.25) is 11.9 Å². The van der Waals surface area contributed by atoms with E-state index in [2.05, 4.69) is 25.5 Å². The number of H-pyrrole nitrogens is 1. The van der Waals surface area contributed by atoms with Crippen LogP contribution in [0.1, 0.15) is 0 Å². The molecule has 0 aliphatic rings. The number of halogens is 1. The summed E-state index contributed by atoms with van der Waals surface area (Å²) in [6, 6.07) is 1.71. The normalized spacial score (nSPS) is 10.1. The number of aromatic amines is 1. The number of nitrogens with zero attached hydrogens (tertiary/aromatic N) is 3. The van der Waals surface area contributed by atoms with Gasteiger partial charge in [-0.2, -0.15) is 4.98 Å². The van der Waals surface area contributed by atoms with Gasteiger partial charge in [0, 0.05) is 6.20 Å². The summed E-state index contributed by atoms with van der Waals surface area (Å²) in [4.78, 5) is 7.76. The van der Waals surface area contributed by atoms with E-state index in [1.165, 1.54) is 0 Å². The fourth-order valence-corrected chi connectivity index (χ4v) is 1.11. The SMILES string of the molecule is Nc1nc(Nc2cncc(Cl)c2)n[nH]1. The predicted molar refractivity (Wildman–Crippen MR) is 53.3 cm³/mol. The van der Waals surface area contributed by atoms with Crippen LogP contribution < -0.4 is 11.1 Å². The molecular weight excluding hydrogens is 204 g/mol. The molecule has 72 valence electrons. The van der Waals surface area contributed by atoms with Gasteiger partial charge in [-0.15, -0.1) is 5.10 Å². The first kappa shape index (κ1) is 8.76. The number of rotatable bonds is 2.